The Balaban J connectivity index is 1.43. The number of H-pyrrole nitrogens is 1. The second-order valence-electron chi connectivity index (χ2n) is 7.66. The maximum absolute atomic E-state index is 12.7. The Bertz CT molecular complexity index is 985. The number of benzene rings is 1. The van der Waals surface area contributed by atoms with E-state index in [1.165, 1.54) is 30.5 Å². The Morgan fingerprint density at radius 1 is 1.18 bits per heavy atom. The summed E-state index contributed by atoms with van der Waals surface area (Å²) >= 11 is 0. The van der Waals surface area contributed by atoms with Crippen molar-refractivity contribution in [3.63, 3.8) is 0 Å². The van der Waals surface area contributed by atoms with Gasteiger partial charge < -0.3 is 5.32 Å². The minimum absolute atomic E-state index is 0.0689. The van der Waals surface area contributed by atoms with E-state index in [4.69, 9.17) is 0 Å². The highest BCUT2D eigenvalue weighted by Crippen LogP contribution is 2.21. The van der Waals surface area contributed by atoms with E-state index < -0.39 is 0 Å². The number of aryl methyl sites for hydroxylation is 3. The van der Waals surface area contributed by atoms with Crippen LogP contribution in [0.15, 0.2) is 30.3 Å². The van der Waals surface area contributed by atoms with Gasteiger partial charge in [0.2, 0.25) is 0 Å². The highest BCUT2D eigenvalue weighted by atomic mass is 16.1. The molecular weight excluding hydrogens is 350 g/mol. The van der Waals surface area contributed by atoms with Crippen LogP contribution < -0.4 is 5.32 Å². The van der Waals surface area contributed by atoms with Gasteiger partial charge in [-0.15, -0.1) is 0 Å². The number of hydrogen-bond donors (Lipinski definition) is 2. The van der Waals surface area contributed by atoms with Crippen molar-refractivity contribution in [3.8, 4) is 0 Å². The lowest BCUT2D eigenvalue weighted by atomic mass is 10.1. The van der Waals surface area contributed by atoms with Gasteiger partial charge in [-0.3, -0.25) is 14.6 Å². The molecule has 0 spiro atoms. The third-order valence-electron chi connectivity index (χ3n) is 5.43. The maximum atomic E-state index is 12.7. The summed E-state index contributed by atoms with van der Waals surface area (Å²) in [6.45, 7) is 5.16. The number of nitrogens with one attached hydrogen (secondary N) is 2. The minimum atomic E-state index is -0.0689. The van der Waals surface area contributed by atoms with Crippen LogP contribution in [0.5, 0.6) is 0 Å². The van der Waals surface area contributed by atoms with E-state index in [2.05, 4.69) is 26.7 Å². The molecule has 28 heavy (non-hydrogen) atoms. The highest BCUT2D eigenvalue weighted by Gasteiger charge is 2.16. The summed E-state index contributed by atoms with van der Waals surface area (Å²) in [7, 11) is 0. The number of aromatic amines is 1. The fourth-order valence-electron chi connectivity index (χ4n) is 3.96. The highest BCUT2D eigenvalue weighted by molar-refractivity contribution is 5.94. The summed E-state index contributed by atoms with van der Waals surface area (Å²) in [5.74, 6) is -0.0689. The first-order valence-electron chi connectivity index (χ1n) is 10.0. The Kier molecular flexibility index (Phi) is 5.28. The molecule has 1 aliphatic rings. The number of rotatable bonds is 5. The Hall–Kier alpha value is -2.89. The fourth-order valence-corrected chi connectivity index (χ4v) is 3.96. The first-order chi connectivity index (χ1) is 13.6. The van der Waals surface area contributed by atoms with Crippen LogP contribution in [0.25, 0.3) is 0 Å². The Labute approximate surface area is 165 Å². The Morgan fingerprint density at radius 2 is 2.04 bits per heavy atom. The predicted molar refractivity (Wildman–Crippen MR) is 108 cm³/mol. The van der Waals surface area contributed by atoms with E-state index in [0.29, 0.717) is 18.7 Å². The van der Waals surface area contributed by atoms with E-state index in [1.54, 1.807) is 0 Å². The summed E-state index contributed by atoms with van der Waals surface area (Å²) in [4.78, 5) is 12.7. The SMILES string of the molecule is Cc1cc(C)n(Cc2cccc(C(=O)NCc3n[nH]c4c3CCCCC4)c2)n1. The standard InChI is InChI=1S/C22H27N5O/c1-15-11-16(2)27(26-15)14-17-7-6-8-18(12-17)22(28)23-13-21-19-9-4-3-5-10-20(19)24-25-21/h6-8,11-12H,3-5,9-10,13-14H2,1-2H3,(H,23,28)(H,24,25). The molecule has 0 atom stereocenters. The summed E-state index contributed by atoms with van der Waals surface area (Å²) in [6, 6.07) is 9.81. The third kappa shape index (κ3) is 4.01. The van der Waals surface area contributed by atoms with Crippen LogP contribution in [-0.2, 0) is 25.9 Å². The molecule has 0 aliphatic heterocycles. The summed E-state index contributed by atoms with van der Waals surface area (Å²) < 4.78 is 1.96. The fraction of sp³-hybridized carbons (Fsp3) is 0.409. The van der Waals surface area contributed by atoms with Crippen LogP contribution in [0, 0.1) is 13.8 Å². The van der Waals surface area contributed by atoms with Crippen molar-refractivity contribution >= 4 is 5.91 Å². The largest absolute Gasteiger partial charge is 0.346 e. The topological polar surface area (TPSA) is 75.6 Å². The lowest BCUT2D eigenvalue weighted by Gasteiger charge is -2.08. The normalized spacial score (nSPS) is 13.8. The smallest absolute Gasteiger partial charge is 0.251 e. The van der Waals surface area contributed by atoms with E-state index in [0.717, 1.165) is 35.5 Å². The zero-order chi connectivity index (χ0) is 19.5. The van der Waals surface area contributed by atoms with E-state index in [9.17, 15) is 4.79 Å². The molecule has 6 nitrogen and oxygen atoms in total. The first-order valence-corrected chi connectivity index (χ1v) is 10.0. The lowest BCUT2D eigenvalue weighted by Crippen LogP contribution is -2.23. The molecule has 6 heteroatoms. The third-order valence-corrected chi connectivity index (χ3v) is 5.43. The molecule has 2 aromatic heterocycles. The second kappa shape index (κ2) is 8.00. The zero-order valence-electron chi connectivity index (χ0n) is 16.6. The molecule has 0 saturated carbocycles. The summed E-state index contributed by atoms with van der Waals surface area (Å²) in [6.07, 6.45) is 5.78. The van der Waals surface area contributed by atoms with Crippen LogP contribution in [0.3, 0.4) is 0 Å². The van der Waals surface area contributed by atoms with E-state index in [-0.39, 0.29) is 5.91 Å². The predicted octanol–water partition coefficient (Wildman–Crippen LogP) is 3.47. The van der Waals surface area contributed by atoms with Crippen LogP contribution in [0.1, 0.15) is 63.5 Å². The van der Waals surface area contributed by atoms with Gasteiger partial charge in [-0.25, -0.2) is 0 Å². The van der Waals surface area contributed by atoms with E-state index >= 15 is 0 Å². The molecule has 0 radical (unpaired) electrons. The summed E-state index contributed by atoms with van der Waals surface area (Å²) in [5.41, 5.74) is 7.37. The number of hydrogen-bond acceptors (Lipinski definition) is 3. The van der Waals surface area contributed by atoms with Gasteiger partial charge in [0, 0.05) is 17.0 Å². The van der Waals surface area contributed by atoms with Gasteiger partial charge in [0.25, 0.3) is 5.91 Å². The molecule has 1 aliphatic carbocycles. The van der Waals surface area contributed by atoms with E-state index in [1.807, 2.05) is 42.8 Å². The molecule has 3 aromatic rings. The van der Waals surface area contributed by atoms with Gasteiger partial charge >= 0.3 is 0 Å². The average Bonchev–Trinajstić information content (AvgIpc) is 3.11. The molecule has 4 rings (SSSR count). The van der Waals surface area contributed by atoms with Crippen LogP contribution in [-0.4, -0.2) is 25.9 Å². The van der Waals surface area contributed by atoms with Gasteiger partial charge in [0.15, 0.2) is 0 Å². The van der Waals surface area contributed by atoms with Crippen molar-refractivity contribution in [3.05, 3.63) is 69.8 Å². The molecule has 146 valence electrons. The second-order valence-corrected chi connectivity index (χ2v) is 7.66. The number of nitrogens with zero attached hydrogens (tertiary/aromatic N) is 3. The number of carbonyl (C=O) groups is 1. The lowest BCUT2D eigenvalue weighted by molar-refractivity contribution is 0.0950. The summed E-state index contributed by atoms with van der Waals surface area (Å²) in [5, 5.41) is 15.1. The molecular formula is C22H27N5O. The van der Waals surface area contributed by atoms with Gasteiger partial charge in [-0.2, -0.15) is 10.2 Å². The molecule has 0 fully saturated rings. The quantitative estimate of drug-likeness (QED) is 0.669. The molecule has 1 amide bonds. The number of aromatic nitrogens is 4. The van der Waals surface area contributed by atoms with Crippen molar-refractivity contribution in [2.75, 3.05) is 0 Å². The van der Waals surface area contributed by atoms with Gasteiger partial charge in [0.1, 0.15) is 0 Å². The molecule has 2 N–H and O–H groups in total. The van der Waals surface area contributed by atoms with Gasteiger partial charge in [0.05, 0.1) is 24.5 Å². The Morgan fingerprint density at radius 3 is 2.86 bits per heavy atom. The van der Waals surface area contributed by atoms with Crippen LogP contribution >= 0.6 is 0 Å². The van der Waals surface area contributed by atoms with Crippen molar-refractivity contribution < 1.29 is 4.79 Å². The van der Waals surface area contributed by atoms with Gasteiger partial charge in [-0.05, 0) is 68.9 Å². The van der Waals surface area contributed by atoms with Crippen molar-refractivity contribution in [1.82, 2.24) is 25.3 Å². The zero-order valence-corrected chi connectivity index (χ0v) is 16.6. The molecule has 2 heterocycles. The molecule has 1 aromatic carbocycles. The number of carbonyl (C=O) groups excluding carboxylic acids is 1. The average molecular weight is 377 g/mol. The first kappa shape index (κ1) is 18.5. The van der Waals surface area contributed by atoms with Crippen molar-refractivity contribution in [2.24, 2.45) is 0 Å². The van der Waals surface area contributed by atoms with Crippen LogP contribution in [0.4, 0.5) is 0 Å². The van der Waals surface area contributed by atoms with Gasteiger partial charge in [-0.1, -0.05) is 18.6 Å². The van der Waals surface area contributed by atoms with Crippen LogP contribution in [0.2, 0.25) is 0 Å². The van der Waals surface area contributed by atoms with Crippen molar-refractivity contribution in [2.45, 2.75) is 59.0 Å². The van der Waals surface area contributed by atoms with Crippen molar-refractivity contribution in [1.29, 1.82) is 0 Å². The number of amides is 1. The maximum Gasteiger partial charge on any atom is 0.251 e. The minimum Gasteiger partial charge on any atom is -0.346 e. The monoisotopic (exact) mass is 377 g/mol. The molecule has 0 bridgehead atoms. The number of fused-ring (bicyclic) bond motifs is 1. The molecule has 0 saturated heterocycles. The molecule has 0 unspecified atom stereocenters.